The second kappa shape index (κ2) is 3.18. The van der Waals surface area contributed by atoms with E-state index in [2.05, 4.69) is 4.99 Å². The fourth-order valence-electron chi connectivity index (χ4n) is 0.433. The first-order chi connectivity index (χ1) is 4.61. The molecule has 1 rings (SSSR count). The molecule has 1 unspecified atom stereocenters. The minimum absolute atomic E-state index is 0.179. The van der Waals surface area contributed by atoms with Crippen molar-refractivity contribution < 1.29 is 0 Å². The van der Waals surface area contributed by atoms with Gasteiger partial charge in [-0.1, -0.05) is 34.8 Å². The van der Waals surface area contributed by atoms with Crippen LogP contribution in [0.2, 0.25) is 0 Å². The van der Waals surface area contributed by atoms with Crippen LogP contribution in [0.3, 0.4) is 0 Å². The van der Waals surface area contributed by atoms with Crippen LogP contribution in [-0.4, -0.2) is 15.2 Å². The largest absolute Gasteiger partial charge is 0.253 e. The van der Waals surface area contributed by atoms with Crippen LogP contribution in [0.1, 0.15) is 0 Å². The second-order valence-electron chi connectivity index (χ2n) is 1.55. The van der Waals surface area contributed by atoms with Crippen molar-refractivity contribution in [2.75, 3.05) is 0 Å². The zero-order valence-corrected chi connectivity index (χ0v) is 7.58. The quantitative estimate of drug-likeness (QED) is 0.348. The molecule has 0 bridgehead atoms. The summed E-state index contributed by atoms with van der Waals surface area (Å²) in [6, 6.07) is 0. The number of hydrogen-bond acceptors (Lipinski definition) is 2. The van der Waals surface area contributed by atoms with Crippen LogP contribution in [0.4, 0.5) is 0 Å². The van der Waals surface area contributed by atoms with E-state index >= 15 is 0 Å². The van der Waals surface area contributed by atoms with Crippen LogP contribution in [-0.2, 0) is 0 Å². The molecule has 56 valence electrons. The average Bonchev–Trinajstić information content (AvgIpc) is 1.84. The summed E-state index contributed by atoms with van der Waals surface area (Å²) >= 11 is 22.1. The predicted octanol–water partition coefficient (Wildman–Crippen LogP) is 2.70. The minimum atomic E-state index is -0.670. The fourth-order valence-corrected chi connectivity index (χ4v) is 1.12. The van der Waals surface area contributed by atoms with E-state index in [1.54, 1.807) is 0 Å². The first-order valence-electron chi connectivity index (χ1n) is 2.30. The van der Waals surface area contributed by atoms with E-state index < -0.39 is 5.62 Å². The molecule has 1 atom stereocenters. The number of rotatable bonds is 0. The molecule has 0 fully saturated rings. The lowest BCUT2D eigenvalue weighted by Gasteiger charge is -2.18. The second-order valence-corrected chi connectivity index (χ2v) is 3.10. The minimum Gasteiger partial charge on any atom is -0.253 e. The normalized spacial score (nSPS) is 26.0. The maximum absolute atomic E-state index is 5.55. The molecule has 1 aliphatic rings. The van der Waals surface area contributed by atoms with Crippen LogP contribution < -0.4 is 0 Å². The monoisotopic (exact) mass is 218 g/mol. The number of nitrogens with zero attached hydrogens (tertiary/aromatic N) is 2. The zero-order chi connectivity index (χ0) is 7.72. The van der Waals surface area contributed by atoms with Crippen LogP contribution >= 0.6 is 46.6 Å². The topological polar surface area (TPSA) is 15.6 Å². The van der Waals surface area contributed by atoms with Crippen LogP contribution in [0.5, 0.6) is 0 Å². The van der Waals surface area contributed by atoms with E-state index in [1.165, 1.54) is 6.20 Å². The lowest BCUT2D eigenvalue weighted by molar-refractivity contribution is 0.562. The maximum Gasteiger partial charge on any atom is 0.212 e. The van der Waals surface area contributed by atoms with Crippen LogP contribution in [0.25, 0.3) is 0 Å². The molecule has 6 heteroatoms. The predicted molar refractivity (Wildman–Crippen MR) is 44.6 cm³/mol. The van der Waals surface area contributed by atoms with E-state index in [-0.39, 0.29) is 10.2 Å². The third kappa shape index (κ3) is 1.70. The van der Waals surface area contributed by atoms with Gasteiger partial charge in [-0.05, 0) is 0 Å². The van der Waals surface area contributed by atoms with Crippen LogP contribution in [0, 0.1) is 0 Å². The SMILES string of the molecule is ClC1=CN(Cl)C(Cl)N=C1Cl. The van der Waals surface area contributed by atoms with Gasteiger partial charge in [0, 0.05) is 18.0 Å². The molecule has 0 aromatic heterocycles. The highest BCUT2D eigenvalue weighted by atomic mass is 35.5. The van der Waals surface area contributed by atoms with Gasteiger partial charge in [0.05, 0.1) is 5.03 Å². The number of aliphatic imine (C=N–C) groups is 1. The molecule has 10 heavy (non-hydrogen) atoms. The first-order valence-corrected chi connectivity index (χ1v) is 3.83. The highest BCUT2D eigenvalue weighted by molar-refractivity contribution is 6.76. The Bertz CT molecular complexity index is 177. The highest BCUT2D eigenvalue weighted by Crippen LogP contribution is 2.22. The number of hydrogen-bond donors (Lipinski definition) is 0. The third-order valence-corrected chi connectivity index (χ3v) is 2.22. The van der Waals surface area contributed by atoms with E-state index in [9.17, 15) is 0 Å². The number of alkyl halides is 1. The van der Waals surface area contributed by atoms with Crippen molar-refractivity contribution >= 4 is 51.8 Å². The fraction of sp³-hybridized carbons (Fsp3) is 0.250. The lowest BCUT2D eigenvalue weighted by Crippen LogP contribution is -2.19. The van der Waals surface area contributed by atoms with Crippen molar-refractivity contribution in [1.29, 1.82) is 0 Å². The summed E-state index contributed by atoms with van der Waals surface area (Å²) in [4.78, 5) is 3.69. The molecule has 0 spiro atoms. The molecule has 0 radical (unpaired) electrons. The molecular weight excluding hydrogens is 218 g/mol. The van der Waals surface area contributed by atoms with Gasteiger partial charge in [0.1, 0.15) is 5.17 Å². The van der Waals surface area contributed by atoms with Gasteiger partial charge in [-0.25, -0.2) is 4.99 Å². The average molecular weight is 220 g/mol. The molecule has 0 amide bonds. The van der Waals surface area contributed by atoms with E-state index in [1.807, 2.05) is 0 Å². The van der Waals surface area contributed by atoms with Crippen molar-refractivity contribution in [2.24, 2.45) is 4.99 Å². The molecule has 0 saturated heterocycles. The zero-order valence-electron chi connectivity index (χ0n) is 4.56. The molecule has 2 nitrogen and oxygen atoms in total. The molecule has 0 aromatic carbocycles. The highest BCUT2D eigenvalue weighted by Gasteiger charge is 2.17. The summed E-state index contributed by atoms with van der Waals surface area (Å²) < 4.78 is 1.13. The summed E-state index contributed by atoms with van der Waals surface area (Å²) in [6.07, 6.45) is 1.40. The molecule has 0 aliphatic carbocycles. The van der Waals surface area contributed by atoms with E-state index in [0.717, 1.165) is 4.42 Å². The van der Waals surface area contributed by atoms with Gasteiger partial charge in [0.25, 0.3) is 0 Å². The summed E-state index contributed by atoms with van der Waals surface area (Å²) in [5, 5.41) is 0.465. The van der Waals surface area contributed by atoms with Crippen molar-refractivity contribution in [1.82, 2.24) is 4.42 Å². The van der Waals surface area contributed by atoms with Crippen molar-refractivity contribution in [2.45, 2.75) is 5.62 Å². The van der Waals surface area contributed by atoms with Gasteiger partial charge in [-0.2, -0.15) is 0 Å². The molecule has 0 aromatic rings. The Morgan fingerprint density at radius 2 is 2.10 bits per heavy atom. The first kappa shape index (κ1) is 8.47. The van der Waals surface area contributed by atoms with Crippen molar-refractivity contribution in [3.05, 3.63) is 11.2 Å². The van der Waals surface area contributed by atoms with Gasteiger partial charge in [0.2, 0.25) is 5.62 Å². The molecular formula is C4H2Cl4N2. The van der Waals surface area contributed by atoms with Crippen molar-refractivity contribution in [3.63, 3.8) is 0 Å². The lowest BCUT2D eigenvalue weighted by atomic mass is 10.6. The van der Waals surface area contributed by atoms with Gasteiger partial charge in [-0.3, -0.25) is 4.42 Å². The Balaban J connectivity index is 2.83. The molecule has 0 saturated carbocycles. The Morgan fingerprint density at radius 1 is 1.50 bits per heavy atom. The van der Waals surface area contributed by atoms with Crippen molar-refractivity contribution in [3.8, 4) is 0 Å². The van der Waals surface area contributed by atoms with E-state index in [4.69, 9.17) is 46.6 Å². The summed E-state index contributed by atoms with van der Waals surface area (Å²) in [7, 11) is 0. The van der Waals surface area contributed by atoms with Gasteiger partial charge >= 0.3 is 0 Å². The Hall–Kier alpha value is 0.370. The molecule has 1 aliphatic heterocycles. The smallest absolute Gasteiger partial charge is 0.212 e. The maximum atomic E-state index is 5.55. The van der Waals surface area contributed by atoms with E-state index in [0.29, 0.717) is 0 Å². The summed E-state index contributed by atoms with van der Waals surface area (Å²) in [5.74, 6) is 0. The standard InChI is InChI=1S/C4H2Cl4N2/c5-2-1-10(8)4(7)9-3(2)6/h1,4H. The van der Waals surface area contributed by atoms with Gasteiger partial charge in [0.15, 0.2) is 0 Å². The molecule has 0 N–H and O–H groups in total. The third-order valence-electron chi connectivity index (χ3n) is 0.857. The van der Waals surface area contributed by atoms with Gasteiger partial charge in [-0.15, -0.1) is 0 Å². The Morgan fingerprint density at radius 3 is 2.60 bits per heavy atom. The van der Waals surface area contributed by atoms with Gasteiger partial charge < -0.3 is 0 Å². The summed E-state index contributed by atoms with van der Waals surface area (Å²) in [5.41, 5.74) is -0.670. The Kier molecular flexibility index (Phi) is 2.69. The Labute approximate surface area is 78.1 Å². The number of halogens is 4. The summed E-state index contributed by atoms with van der Waals surface area (Å²) in [6.45, 7) is 0. The van der Waals surface area contributed by atoms with Crippen LogP contribution in [0.15, 0.2) is 16.2 Å². The number of allylic oxidation sites excluding steroid dienone is 1. The molecule has 1 heterocycles.